The highest BCUT2D eigenvalue weighted by atomic mass is 32.2. The largest absolute Gasteiger partial charge is 0.388 e. The Kier molecular flexibility index (Phi) is 2.92. The van der Waals surface area contributed by atoms with Gasteiger partial charge in [-0.2, -0.15) is 0 Å². The maximum Gasteiger partial charge on any atom is 0.150 e. The molecule has 2 atom stereocenters. The summed E-state index contributed by atoms with van der Waals surface area (Å²) >= 11 is 0. The smallest absolute Gasteiger partial charge is 0.150 e. The number of aliphatic hydroxyl groups excluding tert-OH is 1. The van der Waals surface area contributed by atoms with Crippen LogP contribution < -0.4 is 0 Å². The van der Waals surface area contributed by atoms with Gasteiger partial charge < -0.3 is 9.84 Å². The van der Waals surface area contributed by atoms with Gasteiger partial charge in [-0.15, -0.1) is 0 Å². The van der Waals surface area contributed by atoms with Gasteiger partial charge in [-0.25, -0.2) is 8.42 Å². The lowest BCUT2D eigenvalue weighted by Crippen LogP contribution is -2.14. The molecule has 2 aliphatic heterocycles. The van der Waals surface area contributed by atoms with Crippen molar-refractivity contribution in [3.63, 3.8) is 0 Å². The Hall–Kier alpha value is -0.910. The van der Waals surface area contributed by atoms with E-state index in [-0.39, 0.29) is 17.4 Å². The lowest BCUT2D eigenvalue weighted by atomic mass is 9.93. The normalized spacial score (nSPS) is 27.1. The fraction of sp³-hybridized carbons (Fsp3) is 0.538. The molecular weight excluding hydrogens is 252 g/mol. The first-order valence-electron chi connectivity index (χ1n) is 6.13. The molecule has 98 valence electrons. The van der Waals surface area contributed by atoms with Gasteiger partial charge in [-0.05, 0) is 23.1 Å². The Bertz CT molecular complexity index is 564. The van der Waals surface area contributed by atoms with Crippen LogP contribution in [-0.4, -0.2) is 25.0 Å². The lowest BCUT2D eigenvalue weighted by Gasteiger charge is -2.17. The molecule has 4 nitrogen and oxygen atoms in total. The van der Waals surface area contributed by atoms with Crippen LogP contribution in [0.5, 0.6) is 0 Å². The van der Waals surface area contributed by atoms with E-state index in [1.165, 1.54) is 0 Å². The Morgan fingerprint density at radius 3 is 2.78 bits per heavy atom. The summed E-state index contributed by atoms with van der Waals surface area (Å²) in [6.45, 7) is 1.21. The summed E-state index contributed by atoms with van der Waals surface area (Å²) in [5, 5.41) is 10.3. The Morgan fingerprint density at radius 2 is 2.06 bits per heavy atom. The van der Waals surface area contributed by atoms with Crippen molar-refractivity contribution < 1.29 is 18.3 Å². The molecule has 3 rings (SSSR count). The molecule has 1 N–H and O–H groups in total. The van der Waals surface area contributed by atoms with Gasteiger partial charge >= 0.3 is 0 Å². The summed E-state index contributed by atoms with van der Waals surface area (Å²) in [5.74, 6) is 0.125. The topological polar surface area (TPSA) is 63.6 Å². The lowest BCUT2D eigenvalue weighted by molar-refractivity contribution is 0.120. The SMILES string of the molecule is O=S1(=O)CCC(C(O)c2ccc3c(c2)COC3)C1. The van der Waals surface area contributed by atoms with E-state index in [1.807, 2.05) is 18.2 Å². The maximum atomic E-state index is 11.4. The van der Waals surface area contributed by atoms with Crippen molar-refractivity contribution in [1.82, 2.24) is 0 Å². The zero-order valence-corrected chi connectivity index (χ0v) is 10.8. The van der Waals surface area contributed by atoms with Crippen molar-refractivity contribution in [3.05, 3.63) is 34.9 Å². The Labute approximate surface area is 107 Å². The van der Waals surface area contributed by atoms with Crippen molar-refractivity contribution in [2.24, 2.45) is 5.92 Å². The maximum absolute atomic E-state index is 11.4. The molecule has 0 aliphatic carbocycles. The highest BCUT2D eigenvalue weighted by Gasteiger charge is 2.33. The van der Waals surface area contributed by atoms with Crippen LogP contribution in [-0.2, 0) is 27.8 Å². The summed E-state index contributed by atoms with van der Waals surface area (Å²) in [6.07, 6.45) is -0.134. The second-order valence-electron chi connectivity index (χ2n) is 5.13. The average molecular weight is 268 g/mol. The molecule has 0 amide bonds. The number of aliphatic hydroxyl groups is 1. The summed E-state index contributed by atoms with van der Waals surface area (Å²) in [7, 11) is -2.94. The molecule has 1 saturated heterocycles. The van der Waals surface area contributed by atoms with E-state index in [0.717, 1.165) is 16.7 Å². The molecule has 1 aromatic carbocycles. The van der Waals surface area contributed by atoms with E-state index in [1.54, 1.807) is 0 Å². The van der Waals surface area contributed by atoms with E-state index < -0.39 is 15.9 Å². The predicted molar refractivity (Wildman–Crippen MR) is 66.7 cm³/mol. The molecule has 0 aromatic heterocycles. The summed E-state index contributed by atoms with van der Waals surface area (Å²) in [5.41, 5.74) is 3.07. The van der Waals surface area contributed by atoms with Crippen LogP contribution in [0.25, 0.3) is 0 Å². The van der Waals surface area contributed by atoms with Crippen LogP contribution in [0.2, 0.25) is 0 Å². The van der Waals surface area contributed by atoms with Crippen LogP contribution >= 0.6 is 0 Å². The first-order chi connectivity index (χ1) is 8.55. The zero-order chi connectivity index (χ0) is 12.8. The van der Waals surface area contributed by atoms with E-state index in [4.69, 9.17) is 4.74 Å². The minimum absolute atomic E-state index is 0.0990. The highest BCUT2D eigenvalue weighted by molar-refractivity contribution is 7.91. The number of hydrogen-bond donors (Lipinski definition) is 1. The molecular formula is C13H16O4S. The summed E-state index contributed by atoms with van der Waals surface area (Å²) in [4.78, 5) is 0. The molecule has 2 heterocycles. The summed E-state index contributed by atoms with van der Waals surface area (Å²) in [6, 6.07) is 5.78. The van der Waals surface area contributed by atoms with E-state index in [9.17, 15) is 13.5 Å². The zero-order valence-electron chi connectivity index (χ0n) is 10.0. The molecule has 0 bridgehead atoms. The Balaban J connectivity index is 1.83. The van der Waals surface area contributed by atoms with Gasteiger partial charge in [0.2, 0.25) is 0 Å². The van der Waals surface area contributed by atoms with Gasteiger partial charge in [-0.3, -0.25) is 0 Å². The molecule has 0 saturated carbocycles. The van der Waals surface area contributed by atoms with Crippen LogP contribution in [0.1, 0.15) is 29.2 Å². The minimum atomic E-state index is -2.94. The third-order valence-electron chi connectivity index (χ3n) is 3.80. The standard InChI is InChI=1S/C13H16O4S/c14-13(11-3-4-18(15,16)8-11)9-1-2-10-6-17-7-12(10)5-9/h1-2,5,11,13-14H,3-4,6-8H2. The summed E-state index contributed by atoms with van der Waals surface area (Å²) < 4.78 is 28.2. The van der Waals surface area contributed by atoms with Gasteiger partial charge in [0.05, 0.1) is 30.8 Å². The van der Waals surface area contributed by atoms with Gasteiger partial charge in [0, 0.05) is 5.92 Å². The molecule has 0 spiro atoms. The number of rotatable bonds is 2. The molecule has 0 radical (unpaired) electrons. The molecule has 2 aliphatic rings. The van der Waals surface area contributed by atoms with Crippen LogP contribution in [0.4, 0.5) is 0 Å². The number of ether oxygens (including phenoxy) is 1. The van der Waals surface area contributed by atoms with Gasteiger partial charge in [-0.1, -0.05) is 18.2 Å². The first kappa shape index (κ1) is 12.1. The fourth-order valence-corrected chi connectivity index (χ4v) is 4.55. The number of hydrogen-bond acceptors (Lipinski definition) is 4. The molecule has 2 unspecified atom stereocenters. The van der Waals surface area contributed by atoms with E-state index in [0.29, 0.717) is 19.6 Å². The quantitative estimate of drug-likeness (QED) is 0.875. The fourth-order valence-electron chi connectivity index (χ4n) is 2.72. The third-order valence-corrected chi connectivity index (χ3v) is 5.59. The van der Waals surface area contributed by atoms with Crippen LogP contribution in [0.15, 0.2) is 18.2 Å². The molecule has 1 aromatic rings. The number of sulfone groups is 1. The van der Waals surface area contributed by atoms with Crippen molar-refractivity contribution in [2.75, 3.05) is 11.5 Å². The second-order valence-corrected chi connectivity index (χ2v) is 7.36. The van der Waals surface area contributed by atoms with E-state index in [2.05, 4.69) is 0 Å². The number of benzene rings is 1. The van der Waals surface area contributed by atoms with Crippen LogP contribution in [0.3, 0.4) is 0 Å². The average Bonchev–Trinajstić information content (AvgIpc) is 2.93. The van der Waals surface area contributed by atoms with Crippen molar-refractivity contribution in [3.8, 4) is 0 Å². The monoisotopic (exact) mass is 268 g/mol. The van der Waals surface area contributed by atoms with Crippen molar-refractivity contribution >= 4 is 9.84 Å². The van der Waals surface area contributed by atoms with Gasteiger partial charge in [0.1, 0.15) is 0 Å². The third kappa shape index (κ3) is 2.18. The molecule has 5 heteroatoms. The van der Waals surface area contributed by atoms with Crippen LogP contribution in [0, 0.1) is 5.92 Å². The Morgan fingerprint density at radius 1 is 1.28 bits per heavy atom. The minimum Gasteiger partial charge on any atom is -0.388 e. The first-order valence-corrected chi connectivity index (χ1v) is 7.95. The van der Waals surface area contributed by atoms with Crippen molar-refractivity contribution in [2.45, 2.75) is 25.7 Å². The van der Waals surface area contributed by atoms with Gasteiger partial charge in [0.15, 0.2) is 9.84 Å². The van der Waals surface area contributed by atoms with Crippen molar-refractivity contribution in [1.29, 1.82) is 0 Å². The predicted octanol–water partition coefficient (Wildman–Crippen LogP) is 1.18. The highest BCUT2D eigenvalue weighted by Crippen LogP contribution is 2.33. The number of fused-ring (bicyclic) bond motifs is 1. The second kappa shape index (κ2) is 4.33. The molecule has 18 heavy (non-hydrogen) atoms. The van der Waals surface area contributed by atoms with Gasteiger partial charge in [0.25, 0.3) is 0 Å². The van der Waals surface area contributed by atoms with E-state index >= 15 is 0 Å². The molecule has 1 fully saturated rings.